The smallest absolute Gasteiger partial charge is 0.276 e. The molecule has 2 aliphatic rings. The molecule has 2 aliphatic heterocycles. The van der Waals surface area contributed by atoms with E-state index in [4.69, 9.17) is 28.0 Å². The Kier molecular flexibility index (Phi) is 55.2. The Balaban J connectivity index is 2.15. The molecule has 0 aromatic heterocycles. The van der Waals surface area contributed by atoms with Gasteiger partial charge in [-0.25, -0.2) is 4.31 Å². The Morgan fingerprint density at radius 3 is 1.21 bits per heavy atom. The zero-order chi connectivity index (χ0) is 96.7. The van der Waals surface area contributed by atoms with E-state index in [2.05, 4.69) is 164 Å². The summed E-state index contributed by atoms with van der Waals surface area (Å²) in [5.74, 6) is -12.5. The highest BCUT2D eigenvalue weighted by molar-refractivity contribution is 7.59. The van der Waals surface area contributed by atoms with Crippen LogP contribution in [-0.4, -0.2) is 203 Å². The third-order valence-corrected chi connectivity index (χ3v) is 23.9. The van der Waals surface area contributed by atoms with Gasteiger partial charge >= 0.3 is 0 Å². The van der Waals surface area contributed by atoms with Crippen LogP contribution in [0, 0.1) is 0 Å². The van der Waals surface area contributed by atoms with Gasteiger partial charge in [-0.05, 0) is 239 Å². The SMILES string of the molecule is CC(=O)N[C@H]1[C@H](O[C@H]2[C@H](O[C@H](C)C(=O)N[C@@H](C)C(=O)N[C@H](CCC(=O)N[C@@H](CCC[C@@H]([NH3+])C(=O)[O-])C(=O)N[C@H](C)C(=O)N[C@H](C)C(=O)[O-])C(=O)[O-])[C@@H](NC(C)=O)[C@@H](OP(=O)([O-])OP(=O)([O-])OC/C=C(/C)CC/C=C(/C)CC/C=C(/C)CC/C=C(/C)CC/C=C(/C)CC/C=C(/C)CC/C=C(/C)CC/C=C(\C)CC/C=C(\C)CCC=C(C)C)O[C@@H]2CO)O[C@H](CO)[C@@H](O)[C@@H]1O. The average molecular weight is 1850 g/mol. The number of hydrogen-bond acceptors (Lipinski definition) is 28. The minimum Gasteiger partial charge on any atom is -0.756 e. The van der Waals surface area contributed by atoms with E-state index in [1.54, 1.807) is 6.92 Å². The lowest BCUT2D eigenvalue weighted by molar-refractivity contribution is -0.438. The van der Waals surface area contributed by atoms with Crippen LogP contribution in [-0.2, 0) is 89.4 Å². The standard InChI is InChI=1S/C90H148N8O28P2/c1-54(2)28-18-29-55(3)30-19-31-56(4)32-20-33-57(5)34-21-35-58(6)36-22-37-59(7)38-23-39-60(8)40-24-41-61(9)42-25-43-62(10)44-26-45-63(11)50-51-120-127(116,117)126-128(118,119)125-90-77(96-69(17)102)81(80(74(53-100)123-90)124-89-76(95-68(16)101)79(105)78(104)73(52-99)122-89)121-67(15)84(108)92-65(13)83(107)98-72(88(114)115)48-49-75(103)97-71(47-27-46-70(91)87(112)113)85(109)93-64(12)82(106)94-66(14)86(110)111/h28,30,32,34,36,38,40,42,44,50,64-67,70-74,76-81,89-90,99-100,104-105H,18-27,29,31,33,35,37,39,41,43,45-49,51-53,91H2,1-17H3,(H,92,108)(H,93,109)(H,94,106)(H,95,101)(H,96,102)(H,97,103)(H,98,107)(H,110,111)(H,112,113)(H,114,115)(H,116,117)(H,118,119)/p-4/b55-30+,56-32+,57-34-,58-36-,59-38-,60-40-,61-42-,62-44-,63-50-/t64-,65+,66-,67-,70-,71+,72-,73-,74-,76-,77-,78-,79-,80-,81-,89+,90-/m1/s1. The van der Waals surface area contributed by atoms with Crippen molar-refractivity contribution in [1.29, 1.82) is 0 Å². The van der Waals surface area contributed by atoms with Crippen molar-refractivity contribution < 1.29 is 141 Å². The number of carbonyl (C=O) groups excluding carboxylic acids is 10. The molecule has 19 atom stereocenters. The van der Waals surface area contributed by atoms with Crippen LogP contribution in [0.5, 0.6) is 0 Å². The third-order valence-electron chi connectivity index (χ3n) is 21.4. The number of carboxylic acid groups (broad SMARTS) is 3. The number of phosphoric acid groups is 2. The van der Waals surface area contributed by atoms with E-state index in [9.17, 15) is 103 Å². The quantitative estimate of drug-likeness (QED) is 0.0301. The number of quaternary nitrogens is 1. The van der Waals surface area contributed by atoms with E-state index in [0.717, 1.165) is 143 Å². The normalized spacial score (nSPS) is 22.7. The van der Waals surface area contributed by atoms with Gasteiger partial charge in [0.25, 0.3) is 15.6 Å². The molecule has 36 nitrogen and oxygen atoms in total. The maximum Gasteiger partial charge on any atom is 0.276 e. The Bertz CT molecular complexity index is 4040. The number of ether oxygens (including phenoxy) is 4. The summed E-state index contributed by atoms with van der Waals surface area (Å²) in [5, 5.41) is 93.5. The lowest BCUT2D eigenvalue weighted by atomic mass is 9.94. The molecule has 0 spiro atoms. The van der Waals surface area contributed by atoms with Crippen molar-refractivity contribution in [1.82, 2.24) is 37.2 Å². The number of aliphatic hydroxyl groups excluding tert-OH is 4. The number of carbonyl (C=O) groups is 10. The van der Waals surface area contributed by atoms with Gasteiger partial charge < -0.3 is 126 Å². The molecule has 2 fully saturated rings. The molecule has 2 saturated heterocycles. The number of aliphatic carboxylic acids is 3. The zero-order valence-electron chi connectivity index (χ0n) is 77.7. The van der Waals surface area contributed by atoms with Crippen molar-refractivity contribution in [2.24, 2.45) is 0 Å². The van der Waals surface area contributed by atoms with E-state index < -0.39 is 211 Å². The molecule has 0 aliphatic carbocycles. The molecule has 0 saturated carbocycles. The molecule has 7 amide bonds. The van der Waals surface area contributed by atoms with Crippen LogP contribution in [0.15, 0.2) is 116 Å². The number of phosphoric ester groups is 2. The number of aliphatic hydroxyl groups is 4. The molecule has 128 heavy (non-hydrogen) atoms. The van der Waals surface area contributed by atoms with Gasteiger partial charge in [-0.3, -0.25) is 47.2 Å². The molecule has 2 heterocycles. The van der Waals surface area contributed by atoms with Gasteiger partial charge in [0.15, 0.2) is 12.6 Å². The summed E-state index contributed by atoms with van der Waals surface area (Å²) < 4.78 is 65.2. The van der Waals surface area contributed by atoms with E-state index in [1.165, 1.54) is 57.6 Å². The second-order valence-electron chi connectivity index (χ2n) is 33.7. The van der Waals surface area contributed by atoms with Gasteiger partial charge in [-0.15, -0.1) is 0 Å². The maximum absolute atomic E-state index is 14.1. The fraction of sp³-hybridized carbons (Fsp3) is 0.667. The number of allylic oxidation sites excluding steroid dienone is 19. The molecule has 0 aromatic rings. The van der Waals surface area contributed by atoms with Crippen molar-refractivity contribution in [3.05, 3.63) is 116 Å². The second-order valence-corrected chi connectivity index (χ2v) is 36.6. The Morgan fingerprint density at radius 2 is 0.812 bits per heavy atom. The zero-order valence-corrected chi connectivity index (χ0v) is 79.5. The second kappa shape index (κ2) is 60.9. The van der Waals surface area contributed by atoms with E-state index in [-0.39, 0.29) is 19.3 Å². The molecule has 0 aromatic carbocycles. The minimum atomic E-state index is -6.29. The predicted octanol–water partition coefficient (Wildman–Crippen LogP) is 4.10. The van der Waals surface area contributed by atoms with E-state index >= 15 is 0 Å². The predicted molar refractivity (Wildman–Crippen MR) is 469 cm³/mol. The number of rotatable bonds is 61. The Hall–Kier alpha value is -8.00. The third kappa shape index (κ3) is 48.2. The van der Waals surface area contributed by atoms with E-state index in [1.807, 2.05) is 6.92 Å². The summed E-state index contributed by atoms with van der Waals surface area (Å²) in [6.45, 7) is 26.9. The molecule has 14 N–H and O–H groups in total. The first-order valence-electron chi connectivity index (χ1n) is 43.9. The largest absolute Gasteiger partial charge is 0.756 e. The topological polar surface area (TPSA) is 578 Å². The summed E-state index contributed by atoms with van der Waals surface area (Å²) in [6.07, 6.45) is 19.8. The molecule has 0 radical (unpaired) electrons. The number of carboxylic acids is 3. The first kappa shape index (κ1) is 116. The number of amides is 7. The summed E-state index contributed by atoms with van der Waals surface area (Å²) in [5.41, 5.74) is 16.5. The first-order valence-corrected chi connectivity index (χ1v) is 46.8. The fourth-order valence-electron chi connectivity index (χ4n) is 13.5. The monoisotopic (exact) mass is 1850 g/mol. The van der Waals surface area contributed by atoms with Gasteiger partial charge in [-0.1, -0.05) is 116 Å². The number of nitrogens with one attached hydrogen (secondary N) is 7. The highest BCUT2D eigenvalue weighted by Gasteiger charge is 2.54. The summed E-state index contributed by atoms with van der Waals surface area (Å²) in [4.78, 5) is 154. The van der Waals surface area contributed by atoms with Crippen LogP contribution in [0.25, 0.3) is 0 Å². The molecular formula is C90H144N8O28P2-4. The van der Waals surface area contributed by atoms with Gasteiger partial charge in [0, 0.05) is 26.7 Å². The van der Waals surface area contributed by atoms with Gasteiger partial charge in [-0.2, -0.15) is 0 Å². The van der Waals surface area contributed by atoms with Gasteiger partial charge in [0.2, 0.25) is 41.4 Å². The lowest BCUT2D eigenvalue weighted by Crippen LogP contribution is -2.70. The average Bonchev–Trinajstić information content (AvgIpc) is 0.764. The highest BCUT2D eigenvalue weighted by Crippen LogP contribution is 2.57. The van der Waals surface area contributed by atoms with Crippen molar-refractivity contribution >= 4 is 74.9 Å². The van der Waals surface area contributed by atoms with Crippen molar-refractivity contribution in [3.63, 3.8) is 0 Å². The fourth-order valence-corrected chi connectivity index (χ4v) is 15.6. The highest BCUT2D eigenvalue weighted by atomic mass is 31.3. The molecule has 2 rings (SSSR count). The van der Waals surface area contributed by atoms with Crippen LogP contribution in [0.4, 0.5) is 0 Å². The minimum absolute atomic E-state index is 0.0689. The molecule has 2 unspecified atom stereocenters. The van der Waals surface area contributed by atoms with Crippen LogP contribution in [0.1, 0.15) is 265 Å². The van der Waals surface area contributed by atoms with Crippen molar-refractivity contribution in [2.45, 2.75) is 369 Å². The molecule has 726 valence electrons. The Morgan fingerprint density at radius 1 is 0.422 bits per heavy atom. The van der Waals surface area contributed by atoms with Crippen molar-refractivity contribution in [3.8, 4) is 0 Å². The van der Waals surface area contributed by atoms with Crippen LogP contribution in [0.3, 0.4) is 0 Å². The summed E-state index contributed by atoms with van der Waals surface area (Å²) >= 11 is 0. The first-order chi connectivity index (χ1) is 60.0. The van der Waals surface area contributed by atoms with Crippen LogP contribution >= 0.6 is 15.6 Å². The van der Waals surface area contributed by atoms with Crippen LogP contribution < -0.4 is 68.1 Å². The summed E-state index contributed by atoms with van der Waals surface area (Å²) in [6, 6.07) is -13.2. The van der Waals surface area contributed by atoms with Gasteiger partial charge in [0.1, 0.15) is 79.0 Å². The molecular weight excluding hydrogens is 1700 g/mol. The lowest BCUT2D eigenvalue weighted by Gasteiger charge is -2.50. The number of hydrogen-bond donors (Lipinski definition) is 12. The maximum atomic E-state index is 14.1. The van der Waals surface area contributed by atoms with Crippen LogP contribution in [0.2, 0.25) is 0 Å². The molecule has 0 bridgehead atoms. The van der Waals surface area contributed by atoms with Crippen molar-refractivity contribution in [2.75, 3.05) is 19.8 Å². The Labute approximate surface area is 754 Å². The molecule has 38 heteroatoms. The van der Waals surface area contributed by atoms with Gasteiger partial charge in [0.05, 0.1) is 49.8 Å². The summed E-state index contributed by atoms with van der Waals surface area (Å²) in [7, 11) is -12.2. The van der Waals surface area contributed by atoms with E-state index in [0.29, 0.717) is 18.4 Å².